The van der Waals surface area contributed by atoms with Gasteiger partial charge in [-0.05, 0) is 41.5 Å². The number of aromatic carboxylic acids is 1. The van der Waals surface area contributed by atoms with Gasteiger partial charge < -0.3 is 16.6 Å². The highest BCUT2D eigenvalue weighted by Crippen LogP contribution is 2.26. The van der Waals surface area contributed by atoms with Crippen molar-refractivity contribution < 1.29 is 9.90 Å². The molecule has 0 atom stereocenters. The van der Waals surface area contributed by atoms with Crippen molar-refractivity contribution in [1.29, 1.82) is 0 Å². The molecule has 0 heterocycles. The number of nitrogen functional groups attached to an aromatic ring is 2. The number of carboxylic acid groups (broad SMARTS) is 1. The number of nitrogens with two attached hydrogens (primary N) is 2. The summed E-state index contributed by atoms with van der Waals surface area (Å²) in [7, 11) is 0. The Labute approximate surface area is 98.5 Å². The first-order valence-corrected chi connectivity index (χ1v) is 5.06. The van der Waals surface area contributed by atoms with E-state index in [4.69, 9.17) is 16.6 Å². The second-order valence-corrected chi connectivity index (χ2v) is 3.73. The number of anilines is 2. The van der Waals surface area contributed by atoms with Crippen molar-refractivity contribution in [2.75, 3.05) is 11.5 Å². The predicted octanol–water partition coefficient (Wildman–Crippen LogP) is 2.22. The average Bonchev–Trinajstić information content (AvgIpc) is 2.29. The third-order valence-electron chi connectivity index (χ3n) is 2.50. The van der Waals surface area contributed by atoms with E-state index in [9.17, 15) is 4.79 Å². The first-order valence-electron chi connectivity index (χ1n) is 5.06. The molecule has 0 fully saturated rings. The Bertz CT molecular complexity index is 562. The average molecular weight is 228 g/mol. The predicted molar refractivity (Wildman–Crippen MR) is 67.7 cm³/mol. The number of hydrogen-bond donors (Lipinski definition) is 3. The lowest BCUT2D eigenvalue weighted by Crippen LogP contribution is -2.00. The van der Waals surface area contributed by atoms with Crippen molar-refractivity contribution in [3.8, 4) is 11.1 Å². The van der Waals surface area contributed by atoms with Gasteiger partial charge in [-0.15, -0.1) is 0 Å². The summed E-state index contributed by atoms with van der Waals surface area (Å²) in [6.07, 6.45) is 0. The van der Waals surface area contributed by atoms with Gasteiger partial charge >= 0.3 is 5.97 Å². The van der Waals surface area contributed by atoms with Crippen LogP contribution >= 0.6 is 0 Å². The Morgan fingerprint density at radius 3 is 2.12 bits per heavy atom. The Balaban J connectivity index is 2.60. The summed E-state index contributed by atoms with van der Waals surface area (Å²) in [6, 6.07) is 11.7. The van der Waals surface area contributed by atoms with E-state index in [1.165, 1.54) is 6.07 Å². The molecule has 0 spiro atoms. The van der Waals surface area contributed by atoms with E-state index in [1.54, 1.807) is 36.4 Å². The van der Waals surface area contributed by atoms with Gasteiger partial charge in [0, 0.05) is 11.4 Å². The van der Waals surface area contributed by atoms with Crippen molar-refractivity contribution in [2.45, 2.75) is 0 Å². The van der Waals surface area contributed by atoms with Gasteiger partial charge in [-0.3, -0.25) is 0 Å². The summed E-state index contributed by atoms with van der Waals surface area (Å²) in [6.45, 7) is 0. The summed E-state index contributed by atoms with van der Waals surface area (Å²) in [5.41, 5.74) is 14.0. The van der Waals surface area contributed by atoms with Gasteiger partial charge in [0.1, 0.15) is 0 Å². The van der Waals surface area contributed by atoms with Crippen LogP contribution in [0.3, 0.4) is 0 Å². The van der Waals surface area contributed by atoms with E-state index in [1.807, 2.05) is 0 Å². The first kappa shape index (κ1) is 11.0. The fourth-order valence-corrected chi connectivity index (χ4v) is 1.65. The zero-order valence-corrected chi connectivity index (χ0v) is 9.05. The van der Waals surface area contributed by atoms with Crippen LogP contribution in [0.1, 0.15) is 10.4 Å². The van der Waals surface area contributed by atoms with Crippen LogP contribution in [0, 0.1) is 0 Å². The molecule has 2 rings (SSSR count). The van der Waals surface area contributed by atoms with Gasteiger partial charge in [0.2, 0.25) is 0 Å². The van der Waals surface area contributed by atoms with Crippen LogP contribution in [0.5, 0.6) is 0 Å². The molecule has 0 saturated heterocycles. The summed E-state index contributed by atoms with van der Waals surface area (Å²) in [5.74, 6) is -0.975. The van der Waals surface area contributed by atoms with E-state index < -0.39 is 5.97 Å². The summed E-state index contributed by atoms with van der Waals surface area (Å²) in [4.78, 5) is 11.1. The maximum atomic E-state index is 11.1. The van der Waals surface area contributed by atoms with Crippen LogP contribution in [-0.4, -0.2) is 11.1 Å². The van der Waals surface area contributed by atoms with Crippen LogP contribution in [0.25, 0.3) is 11.1 Å². The number of benzene rings is 2. The molecule has 0 aliphatic heterocycles. The first-order chi connectivity index (χ1) is 8.08. The molecule has 0 aromatic heterocycles. The smallest absolute Gasteiger partial charge is 0.336 e. The second kappa shape index (κ2) is 4.17. The molecule has 0 saturated carbocycles. The van der Waals surface area contributed by atoms with Crippen molar-refractivity contribution in [3.63, 3.8) is 0 Å². The molecular weight excluding hydrogens is 216 g/mol. The van der Waals surface area contributed by atoms with Crippen LogP contribution in [-0.2, 0) is 0 Å². The third-order valence-corrected chi connectivity index (χ3v) is 2.50. The molecule has 0 amide bonds. The summed E-state index contributed by atoms with van der Waals surface area (Å²) >= 11 is 0. The molecule has 5 N–H and O–H groups in total. The van der Waals surface area contributed by atoms with Gasteiger partial charge in [-0.25, -0.2) is 4.79 Å². The van der Waals surface area contributed by atoms with E-state index in [0.717, 1.165) is 5.56 Å². The van der Waals surface area contributed by atoms with Crippen LogP contribution < -0.4 is 11.5 Å². The lowest BCUT2D eigenvalue weighted by Gasteiger charge is -2.07. The lowest BCUT2D eigenvalue weighted by atomic mass is 9.99. The van der Waals surface area contributed by atoms with E-state index in [0.29, 0.717) is 16.9 Å². The van der Waals surface area contributed by atoms with Gasteiger partial charge in [0.15, 0.2) is 0 Å². The number of carboxylic acids is 1. The highest BCUT2D eigenvalue weighted by atomic mass is 16.4. The van der Waals surface area contributed by atoms with E-state index >= 15 is 0 Å². The molecule has 17 heavy (non-hydrogen) atoms. The topological polar surface area (TPSA) is 89.3 Å². The molecule has 2 aromatic carbocycles. The van der Waals surface area contributed by atoms with E-state index in [-0.39, 0.29) is 5.56 Å². The van der Waals surface area contributed by atoms with Gasteiger partial charge in [-0.1, -0.05) is 12.1 Å². The maximum Gasteiger partial charge on any atom is 0.336 e. The number of rotatable bonds is 2. The number of hydrogen-bond acceptors (Lipinski definition) is 3. The Hall–Kier alpha value is -2.49. The molecule has 0 radical (unpaired) electrons. The molecule has 4 nitrogen and oxygen atoms in total. The van der Waals surface area contributed by atoms with Crippen LogP contribution in [0.4, 0.5) is 11.4 Å². The SMILES string of the molecule is Nc1ccc(-c2cc(N)ccc2C(=O)O)cc1. The highest BCUT2D eigenvalue weighted by Gasteiger charge is 2.11. The minimum atomic E-state index is -0.975. The Morgan fingerprint density at radius 2 is 1.53 bits per heavy atom. The third kappa shape index (κ3) is 2.20. The molecular formula is C13H12N2O2. The molecule has 2 aromatic rings. The molecule has 86 valence electrons. The summed E-state index contributed by atoms with van der Waals surface area (Å²) < 4.78 is 0. The van der Waals surface area contributed by atoms with Gasteiger partial charge in [0.25, 0.3) is 0 Å². The minimum Gasteiger partial charge on any atom is -0.478 e. The second-order valence-electron chi connectivity index (χ2n) is 3.73. The molecule has 0 aliphatic rings. The Kier molecular flexibility index (Phi) is 2.70. The standard InChI is InChI=1S/C13H12N2O2/c14-9-3-1-8(2-4-9)12-7-10(15)5-6-11(12)13(16)17/h1-7H,14-15H2,(H,16,17). The van der Waals surface area contributed by atoms with Crippen LogP contribution in [0.15, 0.2) is 42.5 Å². The number of carbonyl (C=O) groups is 1. The van der Waals surface area contributed by atoms with Crippen molar-refractivity contribution >= 4 is 17.3 Å². The van der Waals surface area contributed by atoms with Crippen LogP contribution in [0.2, 0.25) is 0 Å². The molecule has 0 aliphatic carbocycles. The van der Waals surface area contributed by atoms with Crippen molar-refractivity contribution in [2.24, 2.45) is 0 Å². The summed E-state index contributed by atoms with van der Waals surface area (Å²) in [5, 5.41) is 9.11. The van der Waals surface area contributed by atoms with Gasteiger partial charge in [0.05, 0.1) is 5.56 Å². The largest absolute Gasteiger partial charge is 0.478 e. The molecule has 0 unspecified atom stereocenters. The van der Waals surface area contributed by atoms with Gasteiger partial charge in [-0.2, -0.15) is 0 Å². The zero-order chi connectivity index (χ0) is 12.4. The fraction of sp³-hybridized carbons (Fsp3) is 0. The molecule has 4 heteroatoms. The lowest BCUT2D eigenvalue weighted by molar-refractivity contribution is 0.0698. The zero-order valence-electron chi connectivity index (χ0n) is 9.05. The van der Waals surface area contributed by atoms with Crippen molar-refractivity contribution in [1.82, 2.24) is 0 Å². The monoisotopic (exact) mass is 228 g/mol. The maximum absolute atomic E-state index is 11.1. The minimum absolute atomic E-state index is 0.226. The van der Waals surface area contributed by atoms with E-state index in [2.05, 4.69) is 0 Å². The highest BCUT2D eigenvalue weighted by molar-refractivity contribution is 5.97. The normalized spacial score (nSPS) is 10.1. The fourth-order valence-electron chi connectivity index (χ4n) is 1.65. The Morgan fingerprint density at radius 1 is 0.941 bits per heavy atom. The quantitative estimate of drug-likeness (QED) is 0.687. The molecule has 0 bridgehead atoms. The van der Waals surface area contributed by atoms with Crippen molar-refractivity contribution in [3.05, 3.63) is 48.0 Å².